The molecule has 248 valence electrons. The van der Waals surface area contributed by atoms with Gasteiger partial charge in [-0.2, -0.15) is 0 Å². The summed E-state index contributed by atoms with van der Waals surface area (Å²) in [4.78, 5) is 24.1. The van der Waals surface area contributed by atoms with Crippen LogP contribution in [0.25, 0.3) is 0 Å². The van der Waals surface area contributed by atoms with Crippen molar-refractivity contribution >= 4 is 11.9 Å². The van der Waals surface area contributed by atoms with E-state index in [1.807, 2.05) is 6.08 Å². The van der Waals surface area contributed by atoms with Crippen LogP contribution in [-0.4, -0.2) is 36.4 Å². The smallest absolute Gasteiger partial charge is 0.306 e. The lowest BCUT2D eigenvalue weighted by atomic mass is 10.1. The lowest BCUT2D eigenvalue weighted by molar-refractivity contribution is -0.161. The van der Waals surface area contributed by atoms with Crippen molar-refractivity contribution in [2.75, 3.05) is 13.2 Å². The summed E-state index contributed by atoms with van der Waals surface area (Å²) in [6.07, 6.45) is 41.8. The van der Waals surface area contributed by atoms with Crippen LogP contribution < -0.4 is 0 Å². The van der Waals surface area contributed by atoms with Crippen LogP contribution in [0.1, 0.15) is 162 Å². The zero-order valence-electron chi connectivity index (χ0n) is 28.0. The summed E-state index contributed by atoms with van der Waals surface area (Å²) in [5, 5.41) is 9.50. The predicted octanol–water partition coefficient (Wildman–Crippen LogP) is 10.7. The molecule has 0 saturated heterocycles. The lowest BCUT2D eigenvalue weighted by Gasteiger charge is -2.15. The van der Waals surface area contributed by atoms with Gasteiger partial charge in [0.05, 0.1) is 6.61 Å². The van der Waals surface area contributed by atoms with E-state index in [0.717, 1.165) is 44.9 Å². The molecule has 0 aliphatic carbocycles. The summed E-state index contributed by atoms with van der Waals surface area (Å²) in [5.74, 6) is -0.704. The standard InChI is InChI=1S/C38H66O5/c1-3-5-7-9-11-13-15-17-18-19-21-23-25-27-29-31-33-38(41)43-36(34-39)35-42-37(40)32-30-28-26-24-22-20-16-14-12-10-8-6-4-2/h18-23,26,28,36,39H,3-17,24-25,27,29-35H2,1-2H3/b19-18+,22-20+,23-21+,28-26+. The highest BCUT2D eigenvalue weighted by Crippen LogP contribution is 2.10. The van der Waals surface area contributed by atoms with Crippen molar-refractivity contribution < 1.29 is 24.2 Å². The number of aliphatic hydroxyl groups excluding tert-OH is 1. The molecule has 0 spiro atoms. The molecule has 0 heterocycles. The molecule has 43 heavy (non-hydrogen) atoms. The highest BCUT2D eigenvalue weighted by molar-refractivity contribution is 5.70. The number of hydrogen-bond acceptors (Lipinski definition) is 5. The quantitative estimate of drug-likeness (QED) is 0.0370. The monoisotopic (exact) mass is 602 g/mol. The summed E-state index contributed by atoms with van der Waals surface area (Å²) in [6, 6.07) is 0. The van der Waals surface area contributed by atoms with Gasteiger partial charge in [-0.3, -0.25) is 9.59 Å². The Morgan fingerprint density at radius 2 is 1.05 bits per heavy atom. The van der Waals surface area contributed by atoms with E-state index >= 15 is 0 Å². The zero-order chi connectivity index (χ0) is 31.5. The Balaban J connectivity index is 3.71. The van der Waals surface area contributed by atoms with Crippen LogP contribution in [0.3, 0.4) is 0 Å². The lowest BCUT2D eigenvalue weighted by Crippen LogP contribution is -2.28. The van der Waals surface area contributed by atoms with Crippen molar-refractivity contribution in [3.8, 4) is 0 Å². The predicted molar refractivity (Wildman–Crippen MR) is 182 cm³/mol. The van der Waals surface area contributed by atoms with Gasteiger partial charge in [-0.15, -0.1) is 0 Å². The van der Waals surface area contributed by atoms with Crippen molar-refractivity contribution in [1.82, 2.24) is 0 Å². The number of carbonyl (C=O) groups is 2. The molecule has 0 aromatic carbocycles. The van der Waals surface area contributed by atoms with E-state index in [0.29, 0.717) is 12.8 Å². The third kappa shape index (κ3) is 32.6. The van der Waals surface area contributed by atoms with Crippen LogP contribution in [0.5, 0.6) is 0 Å². The van der Waals surface area contributed by atoms with Crippen molar-refractivity contribution in [2.45, 2.75) is 168 Å². The van der Waals surface area contributed by atoms with Crippen molar-refractivity contribution in [3.05, 3.63) is 48.6 Å². The van der Waals surface area contributed by atoms with Gasteiger partial charge in [0.2, 0.25) is 0 Å². The summed E-state index contributed by atoms with van der Waals surface area (Å²) >= 11 is 0. The third-order valence-electron chi connectivity index (χ3n) is 7.39. The van der Waals surface area contributed by atoms with Gasteiger partial charge in [0.25, 0.3) is 0 Å². The molecule has 1 atom stereocenters. The number of carbonyl (C=O) groups excluding carboxylic acids is 2. The number of aliphatic hydroxyl groups is 1. The maximum Gasteiger partial charge on any atom is 0.306 e. The van der Waals surface area contributed by atoms with Crippen LogP contribution in [0, 0.1) is 0 Å². The van der Waals surface area contributed by atoms with Crippen LogP contribution >= 0.6 is 0 Å². The van der Waals surface area contributed by atoms with Gasteiger partial charge in [-0.25, -0.2) is 0 Å². The Labute approximate surface area is 265 Å². The molecule has 5 nitrogen and oxygen atoms in total. The van der Waals surface area contributed by atoms with Crippen LogP contribution in [0.2, 0.25) is 0 Å². The van der Waals surface area contributed by atoms with E-state index in [1.165, 1.54) is 83.5 Å². The molecule has 5 heteroatoms. The molecule has 0 aromatic rings. The number of hydrogen-bond donors (Lipinski definition) is 1. The van der Waals surface area contributed by atoms with E-state index in [-0.39, 0.29) is 31.6 Å². The maximum atomic E-state index is 12.1. The van der Waals surface area contributed by atoms with Gasteiger partial charge in [0.1, 0.15) is 6.61 Å². The minimum atomic E-state index is -0.806. The molecule has 1 unspecified atom stereocenters. The van der Waals surface area contributed by atoms with Crippen molar-refractivity contribution in [3.63, 3.8) is 0 Å². The van der Waals surface area contributed by atoms with Gasteiger partial charge in [-0.05, 0) is 57.8 Å². The fourth-order valence-corrected chi connectivity index (χ4v) is 4.65. The molecule has 0 aliphatic rings. The number of esters is 2. The van der Waals surface area contributed by atoms with Gasteiger partial charge in [0, 0.05) is 12.8 Å². The van der Waals surface area contributed by atoms with Crippen LogP contribution in [0.4, 0.5) is 0 Å². The minimum Gasteiger partial charge on any atom is -0.462 e. The van der Waals surface area contributed by atoms with Crippen LogP contribution in [-0.2, 0) is 19.1 Å². The SMILES string of the molecule is CCCCCCCC/C=C/C/C=C/CCC(=O)OCC(CO)OC(=O)CCCCC/C=C/C=C/CCCCCCCCC. The molecule has 1 N–H and O–H groups in total. The molecular formula is C38H66O5. The zero-order valence-corrected chi connectivity index (χ0v) is 28.0. The molecule has 0 bridgehead atoms. The highest BCUT2D eigenvalue weighted by Gasteiger charge is 2.15. The molecule has 0 saturated carbocycles. The van der Waals surface area contributed by atoms with E-state index < -0.39 is 6.10 Å². The largest absolute Gasteiger partial charge is 0.462 e. The van der Waals surface area contributed by atoms with Gasteiger partial charge < -0.3 is 14.6 Å². The van der Waals surface area contributed by atoms with Gasteiger partial charge in [0.15, 0.2) is 6.10 Å². The van der Waals surface area contributed by atoms with E-state index in [9.17, 15) is 14.7 Å². The fraction of sp³-hybridized carbons (Fsp3) is 0.737. The second-order valence-corrected chi connectivity index (χ2v) is 11.6. The Morgan fingerprint density at radius 3 is 1.60 bits per heavy atom. The molecule has 0 rings (SSSR count). The molecule has 0 radical (unpaired) electrons. The average Bonchev–Trinajstić information content (AvgIpc) is 3.01. The number of ether oxygens (including phenoxy) is 2. The molecule has 0 aromatic heterocycles. The Bertz CT molecular complexity index is 737. The fourth-order valence-electron chi connectivity index (χ4n) is 4.65. The summed E-state index contributed by atoms with van der Waals surface area (Å²) < 4.78 is 10.5. The Hall–Kier alpha value is -2.14. The van der Waals surface area contributed by atoms with Crippen LogP contribution in [0.15, 0.2) is 48.6 Å². The summed E-state index contributed by atoms with van der Waals surface area (Å²) in [5.41, 5.74) is 0. The second-order valence-electron chi connectivity index (χ2n) is 11.6. The van der Waals surface area contributed by atoms with Crippen molar-refractivity contribution in [1.29, 1.82) is 0 Å². The topological polar surface area (TPSA) is 72.8 Å². The highest BCUT2D eigenvalue weighted by atomic mass is 16.6. The molecule has 0 fully saturated rings. The first-order valence-corrected chi connectivity index (χ1v) is 17.7. The third-order valence-corrected chi connectivity index (χ3v) is 7.39. The summed E-state index contributed by atoms with van der Waals surface area (Å²) in [6.45, 7) is 4.03. The first-order valence-electron chi connectivity index (χ1n) is 17.7. The maximum absolute atomic E-state index is 12.1. The first-order chi connectivity index (χ1) is 21.1. The van der Waals surface area contributed by atoms with E-state index in [1.54, 1.807) is 0 Å². The van der Waals surface area contributed by atoms with Crippen molar-refractivity contribution in [2.24, 2.45) is 0 Å². The molecular weight excluding hydrogens is 536 g/mol. The summed E-state index contributed by atoms with van der Waals surface area (Å²) in [7, 11) is 0. The molecule has 0 amide bonds. The Kier molecular flexibility index (Phi) is 32.6. The number of unbranched alkanes of at least 4 members (excludes halogenated alkanes) is 16. The minimum absolute atomic E-state index is 0.108. The second kappa shape index (κ2) is 34.4. The first kappa shape index (κ1) is 40.9. The molecule has 0 aliphatic heterocycles. The van der Waals surface area contributed by atoms with Gasteiger partial charge in [-0.1, -0.05) is 140 Å². The van der Waals surface area contributed by atoms with E-state index in [2.05, 4.69) is 56.4 Å². The number of rotatable bonds is 31. The van der Waals surface area contributed by atoms with Gasteiger partial charge >= 0.3 is 11.9 Å². The normalized spacial score (nSPS) is 12.7. The number of allylic oxidation sites excluding steroid dienone is 8. The Morgan fingerprint density at radius 1 is 0.558 bits per heavy atom. The van der Waals surface area contributed by atoms with E-state index in [4.69, 9.17) is 9.47 Å². The average molecular weight is 603 g/mol.